The minimum atomic E-state index is -0.543. The molecule has 0 spiro atoms. The van der Waals surface area contributed by atoms with E-state index in [9.17, 15) is 14.4 Å². The molecule has 5 rings (SSSR count). The Bertz CT molecular complexity index is 968. The third-order valence-corrected chi connectivity index (χ3v) is 5.82. The van der Waals surface area contributed by atoms with Crippen LogP contribution in [0.1, 0.15) is 29.7 Å². The number of piperidine rings is 1. The fourth-order valence-corrected chi connectivity index (χ4v) is 4.45. The van der Waals surface area contributed by atoms with Crippen molar-refractivity contribution in [3.8, 4) is 0 Å². The molecule has 3 saturated heterocycles. The molecule has 0 radical (unpaired) electrons. The molecule has 3 aliphatic heterocycles. The van der Waals surface area contributed by atoms with Crippen molar-refractivity contribution in [2.45, 2.75) is 38.8 Å². The maximum Gasteiger partial charge on any atom is 0.325 e. The third kappa shape index (κ3) is 3.91. The van der Waals surface area contributed by atoms with Crippen molar-refractivity contribution in [1.82, 2.24) is 24.8 Å². The topological polar surface area (TPSA) is 102 Å². The summed E-state index contributed by atoms with van der Waals surface area (Å²) in [6, 6.07) is 4.18. The first-order chi connectivity index (χ1) is 13.5. The van der Waals surface area contributed by atoms with Gasteiger partial charge in [-0.1, -0.05) is 6.07 Å². The lowest BCUT2D eigenvalue weighted by Gasteiger charge is -2.36. The second kappa shape index (κ2) is 7.71. The van der Waals surface area contributed by atoms with Gasteiger partial charge in [0.25, 0.3) is 5.56 Å². The number of nitrogens with one attached hydrogen (secondary N) is 2. The fraction of sp³-hybridized carbons (Fsp3) is 0.500. The third-order valence-electron chi connectivity index (χ3n) is 5.82. The molecule has 0 unspecified atom stereocenters. The number of amides is 1. The van der Waals surface area contributed by atoms with E-state index in [1.54, 1.807) is 13.1 Å². The van der Waals surface area contributed by atoms with Crippen LogP contribution in [-0.4, -0.2) is 56.3 Å². The zero-order valence-corrected chi connectivity index (χ0v) is 16.0. The van der Waals surface area contributed by atoms with E-state index < -0.39 is 11.2 Å². The van der Waals surface area contributed by atoms with Gasteiger partial charge in [-0.3, -0.25) is 24.5 Å². The molecule has 2 bridgehead atoms. The summed E-state index contributed by atoms with van der Waals surface area (Å²) in [4.78, 5) is 49.8. The lowest BCUT2D eigenvalue weighted by atomic mass is 9.94. The lowest BCUT2D eigenvalue weighted by molar-refractivity contribution is -0.134. The zero-order valence-electron chi connectivity index (χ0n) is 16.0. The van der Waals surface area contributed by atoms with E-state index in [1.807, 2.05) is 17.2 Å². The van der Waals surface area contributed by atoms with Gasteiger partial charge in [0.15, 0.2) is 0 Å². The molecule has 5 heterocycles. The Morgan fingerprint density at radius 3 is 2.82 bits per heavy atom. The van der Waals surface area contributed by atoms with Gasteiger partial charge in [0.2, 0.25) is 5.91 Å². The first kappa shape index (κ1) is 18.6. The molecule has 0 aromatic carbocycles. The van der Waals surface area contributed by atoms with Crippen LogP contribution in [0.5, 0.6) is 0 Å². The van der Waals surface area contributed by atoms with Crippen LogP contribution < -0.4 is 11.2 Å². The number of H-pyrrole nitrogens is 2. The summed E-state index contributed by atoms with van der Waals surface area (Å²) in [6.45, 7) is 5.02. The van der Waals surface area contributed by atoms with Crippen LogP contribution in [0.25, 0.3) is 0 Å². The van der Waals surface area contributed by atoms with E-state index in [4.69, 9.17) is 0 Å². The van der Waals surface area contributed by atoms with Gasteiger partial charge in [0.1, 0.15) is 0 Å². The van der Waals surface area contributed by atoms with Gasteiger partial charge in [-0.2, -0.15) is 0 Å². The van der Waals surface area contributed by atoms with E-state index in [2.05, 4.69) is 25.9 Å². The minimum Gasteiger partial charge on any atom is -0.338 e. The summed E-state index contributed by atoms with van der Waals surface area (Å²) in [5.41, 5.74) is 0.959. The number of aromatic nitrogens is 3. The van der Waals surface area contributed by atoms with Crippen LogP contribution in [0, 0.1) is 12.8 Å². The Kier molecular flexibility index (Phi) is 5.13. The van der Waals surface area contributed by atoms with Crippen molar-refractivity contribution in [3.63, 3.8) is 0 Å². The van der Waals surface area contributed by atoms with Crippen molar-refractivity contribution < 1.29 is 4.79 Å². The number of aromatic amines is 2. The van der Waals surface area contributed by atoms with Crippen LogP contribution in [0.3, 0.4) is 0 Å². The molecule has 3 aliphatic rings. The number of hydrogen-bond donors (Lipinski definition) is 2. The molecule has 2 aromatic heterocycles. The van der Waals surface area contributed by atoms with Crippen LogP contribution in [-0.2, 0) is 17.8 Å². The van der Waals surface area contributed by atoms with Crippen molar-refractivity contribution in [3.05, 3.63) is 62.2 Å². The smallest absolute Gasteiger partial charge is 0.325 e. The maximum absolute atomic E-state index is 13.0. The second-order valence-electron chi connectivity index (χ2n) is 7.89. The van der Waals surface area contributed by atoms with Crippen molar-refractivity contribution in [2.75, 3.05) is 19.6 Å². The molecule has 8 heteroatoms. The van der Waals surface area contributed by atoms with Gasteiger partial charge in [0.05, 0.1) is 6.42 Å². The summed E-state index contributed by atoms with van der Waals surface area (Å²) in [7, 11) is 0. The van der Waals surface area contributed by atoms with Crippen LogP contribution in [0.2, 0.25) is 0 Å². The van der Waals surface area contributed by atoms with Crippen molar-refractivity contribution in [2.24, 2.45) is 5.92 Å². The molecule has 8 nitrogen and oxygen atoms in total. The van der Waals surface area contributed by atoms with Gasteiger partial charge in [-0.05, 0) is 37.3 Å². The van der Waals surface area contributed by atoms with E-state index in [0.717, 1.165) is 39.0 Å². The Labute approximate surface area is 162 Å². The highest BCUT2D eigenvalue weighted by Gasteiger charge is 2.37. The predicted molar refractivity (Wildman–Crippen MR) is 104 cm³/mol. The molecule has 0 saturated carbocycles. The number of carbonyl (C=O) groups is 1. The average Bonchev–Trinajstić information content (AvgIpc) is 2.96. The molecule has 2 N–H and O–H groups in total. The highest BCUT2D eigenvalue weighted by molar-refractivity contribution is 5.79. The highest BCUT2D eigenvalue weighted by Crippen LogP contribution is 2.29. The van der Waals surface area contributed by atoms with E-state index in [0.29, 0.717) is 17.2 Å². The Morgan fingerprint density at radius 2 is 2.07 bits per heavy atom. The largest absolute Gasteiger partial charge is 0.338 e. The number of nitrogens with zero attached hydrogens (tertiary/aromatic N) is 3. The molecule has 3 fully saturated rings. The first-order valence-electron chi connectivity index (χ1n) is 9.72. The summed E-state index contributed by atoms with van der Waals surface area (Å²) in [5, 5.41) is 0. The van der Waals surface area contributed by atoms with E-state index in [-0.39, 0.29) is 18.4 Å². The van der Waals surface area contributed by atoms with Gasteiger partial charge >= 0.3 is 5.69 Å². The maximum atomic E-state index is 13.0. The zero-order chi connectivity index (χ0) is 19.7. The van der Waals surface area contributed by atoms with Gasteiger partial charge in [-0.15, -0.1) is 0 Å². The number of hydrogen-bond acceptors (Lipinski definition) is 5. The molecular weight excluding hydrogens is 358 g/mol. The Morgan fingerprint density at radius 1 is 1.21 bits per heavy atom. The van der Waals surface area contributed by atoms with Crippen LogP contribution in [0.15, 0.2) is 34.1 Å². The number of carbonyl (C=O) groups excluding carboxylic acids is 1. The molecule has 148 valence electrons. The van der Waals surface area contributed by atoms with Crippen molar-refractivity contribution in [1.29, 1.82) is 0 Å². The van der Waals surface area contributed by atoms with Gasteiger partial charge < -0.3 is 9.88 Å². The summed E-state index contributed by atoms with van der Waals surface area (Å²) in [5.74, 6) is 0.396. The summed E-state index contributed by atoms with van der Waals surface area (Å²) >= 11 is 0. The molecular formula is C20H25N5O3. The summed E-state index contributed by atoms with van der Waals surface area (Å²) in [6.07, 6.45) is 5.79. The molecule has 1 amide bonds. The fourth-order valence-electron chi connectivity index (χ4n) is 4.45. The van der Waals surface area contributed by atoms with Crippen molar-refractivity contribution >= 4 is 5.91 Å². The Balaban J connectivity index is 1.48. The second-order valence-corrected chi connectivity index (χ2v) is 7.89. The molecule has 2 aromatic rings. The standard InChI is InChI=1S/C20H25N5O3/c1-13-17(19(27)23-20(28)22-13)7-18(26)25-11-15-4-5-16(25)12-24(10-15)9-14-3-2-6-21-8-14/h2-3,6,8,15-16H,4-5,7,9-12H2,1H3,(H2,22,23,27,28)/t15-,16+/m0/s1. The number of rotatable bonds is 4. The van der Waals surface area contributed by atoms with Crippen LogP contribution in [0.4, 0.5) is 0 Å². The molecule has 0 aliphatic carbocycles. The highest BCUT2D eigenvalue weighted by atomic mass is 16.2. The van der Waals surface area contributed by atoms with Gasteiger partial charge in [-0.25, -0.2) is 4.79 Å². The number of pyridine rings is 1. The molecule has 28 heavy (non-hydrogen) atoms. The normalized spacial score (nSPS) is 22.2. The monoisotopic (exact) mass is 383 g/mol. The first-order valence-corrected chi connectivity index (χ1v) is 9.72. The number of fused-ring (bicyclic) bond motifs is 4. The predicted octanol–water partition coefficient (Wildman–Crippen LogP) is 0.432. The van der Waals surface area contributed by atoms with E-state index in [1.165, 1.54) is 5.56 Å². The quantitative estimate of drug-likeness (QED) is 0.797. The SMILES string of the molecule is Cc1[nH]c(=O)[nH]c(=O)c1CC(=O)N1C[C@H]2CC[C@@H]1CN(Cc1cccnc1)C2. The van der Waals surface area contributed by atoms with Gasteiger partial charge in [0, 0.05) is 55.9 Å². The average molecular weight is 383 g/mol. The summed E-state index contributed by atoms with van der Waals surface area (Å²) < 4.78 is 0. The number of aryl methyl sites for hydroxylation is 1. The lowest BCUT2D eigenvalue weighted by Crippen LogP contribution is -2.48. The van der Waals surface area contributed by atoms with Crippen LogP contribution >= 0.6 is 0 Å². The molecule has 2 atom stereocenters. The minimum absolute atomic E-state index is 0.0176. The van der Waals surface area contributed by atoms with E-state index >= 15 is 0 Å². The Hall–Kier alpha value is -2.74.